The van der Waals surface area contributed by atoms with Crippen LogP contribution in [-0.2, 0) is 25.4 Å². The Morgan fingerprint density at radius 1 is 1.03 bits per heavy atom. The standard InChI is InChI=1S/C24H32N4O5S/c1-4-24(2,3)20(29)23(30)27-14-8-12-18(27)21-25-26-22(33-21)19-13-9-15-28(19)34(31,32)16-17-10-6-5-7-11-17/h5-7,10-11,18-19H,4,8-9,12-16H2,1-3H3/t18-,19?/m0/s1. The molecule has 3 heterocycles. The van der Waals surface area contributed by atoms with E-state index in [1.165, 1.54) is 9.21 Å². The maximum absolute atomic E-state index is 13.1. The van der Waals surface area contributed by atoms with Gasteiger partial charge in [0, 0.05) is 18.5 Å². The highest BCUT2D eigenvalue weighted by molar-refractivity contribution is 7.88. The highest BCUT2D eigenvalue weighted by Gasteiger charge is 2.42. The number of hydrogen-bond acceptors (Lipinski definition) is 7. The second-order valence-electron chi connectivity index (χ2n) is 9.71. The van der Waals surface area contributed by atoms with Crippen LogP contribution in [0, 0.1) is 5.41 Å². The second kappa shape index (κ2) is 9.58. The molecule has 184 valence electrons. The van der Waals surface area contributed by atoms with Crippen molar-refractivity contribution >= 4 is 21.7 Å². The molecule has 1 aromatic carbocycles. The number of rotatable bonds is 8. The molecule has 0 spiro atoms. The number of nitrogens with zero attached hydrogens (tertiary/aromatic N) is 4. The number of likely N-dealkylation sites (tertiary alicyclic amines) is 1. The van der Waals surface area contributed by atoms with Crippen LogP contribution in [0.2, 0.25) is 0 Å². The SMILES string of the molecule is CCC(C)(C)C(=O)C(=O)N1CCC[C@H]1c1nnc(C2CCCN2S(=O)(=O)Cc2ccccc2)o1. The first-order valence-corrected chi connectivity index (χ1v) is 13.5. The summed E-state index contributed by atoms with van der Waals surface area (Å²) in [4.78, 5) is 27.2. The minimum absolute atomic E-state index is 0.0917. The van der Waals surface area contributed by atoms with Gasteiger partial charge in [-0.3, -0.25) is 9.59 Å². The molecule has 0 radical (unpaired) electrons. The molecule has 1 aromatic heterocycles. The summed E-state index contributed by atoms with van der Waals surface area (Å²) >= 11 is 0. The lowest BCUT2D eigenvalue weighted by Gasteiger charge is -2.26. The van der Waals surface area contributed by atoms with E-state index in [0.29, 0.717) is 38.8 Å². The number of benzene rings is 1. The van der Waals surface area contributed by atoms with Crippen molar-refractivity contribution in [1.29, 1.82) is 0 Å². The average Bonchev–Trinajstić information content (AvgIpc) is 3.58. The Bertz CT molecular complexity index is 1150. The van der Waals surface area contributed by atoms with E-state index in [-0.39, 0.29) is 17.5 Å². The summed E-state index contributed by atoms with van der Waals surface area (Å²) in [5, 5.41) is 8.35. The quantitative estimate of drug-likeness (QED) is 0.523. The molecule has 2 aromatic rings. The van der Waals surface area contributed by atoms with Gasteiger partial charge in [-0.2, -0.15) is 4.31 Å². The number of carbonyl (C=O) groups excluding carboxylic acids is 2. The van der Waals surface area contributed by atoms with Crippen molar-refractivity contribution in [2.75, 3.05) is 13.1 Å². The molecule has 0 aliphatic carbocycles. The van der Waals surface area contributed by atoms with Crippen LogP contribution < -0.4 is 0 Å². The molecule has 0 N–H and O–H groups in total. The normalized spacial score (nSPS) is 21.8. The lowest BCUT2D eigenvalue weighted by molar-refractivity contribution is -0.150. The van der Waals surface area contributed by atoms with Gasteiger partial charge in [-0.05, 0) is 37.7 Å². The molecular weight excluding hydrogens is 456 g/mol. The number of hydrogen-bond donors (Lipinski definition) is 0. The van der Waals surface area contributed by atoms with E-state index in [0.717, 1.165) is 12.0 Å². The van der Waals surface area contributed by atoms with Crippen molar-refractivity contribution in [3.05, 3.63) is 47.7 Å². The summed E-state index contributed by atoms with van der Waals surface area (Å²) in [6, 6.07) is 8.07. The Kier molecular flexibility index (Phi) is 6.91. The van der Waals surface area contributed by atoms with Gasteiger partial charge < -0.3 is 9.32 Å². The van der Waals surface area contributed by atoms with Crippen molar-refractivity contribution in [2.24, 2.45) is 5.41 Å². The molecule has 0 bridgehead atoms. The van der Waals surface area contributed by atoms with Crippen molar-refractivity contribution in [3.8, 4) is 0 Å². The highest BCUT2D eigenvalue weighted by Crippen LogP contribution is 2.38. The molecule has 4 rings (SSSR count). The highest BCUT2D eigenvalue weighted by atomic mass is 32.2. The van der Waals surface area contributed by atoms with Crippen LogP contribution in [0.1, 0.15) is 82.3 Å². The van der Waals surface area contributed by atoms with Gasteiger partial charge in [0.1, 0.15) is 12.1 Å². The number of carbonyl (C=O) groups is 2. The fraction of sp³-hybridized carbons (Fsp3) is 0.583. The van der Waals surface area contributed by atoms with Crippen LogP contribution >= 0.6 is 0 Å². The first-order valence-electron chi connectivity index (χ1n) is 11.9. The molecule has 2 saturated heterocycles. The van der Waals surface area contributed by atoms with Gasteiger partial charge in [0.2, 0.25) is 27.6 Å². The molecule has 1 amide bonds. The van der Waals surface area contributed by atoms with Gasteiger partial charge in [0.15, 0.2) is 0 Å². The lowest BCUT2D eigenvalue weighted by atomic mass is 9.84. The van der Waals surface area contributed by atoms with E-state index in [2.05, 4.69) is 10.2 Å². The third-order valence-corrected chi connectivity index (χ3v) is 8.84. The Balaban J connectivity index is 1.52. The topological polar surface area (TPSA) is 114 Å². The summed E-state index contributed by atoms with van der Waals surface area (Å²) in [6.07, 6.45) is 3.20. The van der Waals surface area contributed by atoms with E-state index in [1.54, 1.807) is 26.0 Å². The molecule has 2 atom stereocenters. The Morgan fingerprint density at radius 2 is 1.65 bits per heavy atom. The van der Waals surface area contributed by atoms with Crippen LogP contribution in [0.25, 0.3) is 0 Å². The van der Waals surface area contributed by atoms with Gasteiger partial charge in [0.25, 0.3) is 5.91 Å². The summed E-state index contributed by atoms with van der Waals surface area (Å²) in [7, 11) is -3.58. The minimum Gasteiger partial charge on any atom is -0.421 e. The van der Waals surface area contributed by atoms with Crippen LogP contribution in [0.15, 0.2) is 34.7 Å². The largest absolute Gasteiger partial charge is 0.421 e. The van der Waals surface area contributed by atoms with Crippen molar-refractivity contribution in [2.45, 2.75) is 70.7 Å². The fourth-order valence-corrected chi connectivity index (χ4v) is 6.32. The van der Waals surface area contributed by atoms with Gasteiger partial charge >= 0.3 is 0 Å². The minimum atomic E-state index is -3.58. The second-order valence-corrected chi connectivity index (χ2v) is 11.6. The molecule has 2 fully saturated rings. The average molecular weight is 489 g/mol. The van der Waals surface area contributed by atoms with Crippen LogP contribution in [0.4, 0.5) is 0 Å². The first-order chi connectivity index (χ1) is 16.1. The Labute approximate surface area is 200 Å². The molecule has 0 saturated carbocycles. The van der Waals surface area contributed by atoms with Crippen molar-refractivity contribution < 1.29 is 22.4 Å². The number of sulfonamides is 1. The van der Waals surface area contributed by atoms with E-state index in [1.807, 2.05) is 25.1 Å². The first kappa shape index (κ1) is 24.5. The van der Waals surface area contributed by atoms with Crippen LogP contribution in [-0.4, -0.2) is 52.6 Å². The number of amides is 1. The third-order valence-electron chi connectivity index (χ3n) is 6.99. The van der Waals surface area contributed by atoms with Gasteiger partial charge in [0.05, 0.1) is 5.75 Å². The number of aromatic nitrogens is 2. The molecule has 34 heavy (non-hydrogen) atoms. The zero-order chi connectivity index (χ0) is 24.5. The molecule has 10 heteroatoms. The summed E-state index contributed by atoms with van der Waals surface area (Å²) in [5.74, 6) is -0.539. The zero-order valence-electron chi connectivity index (χ0n) is 19.9. The number of ketones is 1. The lowest BCUT2D eigenvalue weighted by Crippen LogP contribution is -2.42. The van der Waals surface area contributed by atoms with E-state index < -0.39 is 39.2 Å². The summed E-state index contributed by atoms with van der Waals surface area (Å²) in [5.41, 5.74) is -0.0130. The Hall–Kier alpha value is -2.59. The zero-order valence-corrected chi connectivity index (χ0v) is 20.8. The molecule has 9 nitrogen and oxygen atoms in total. The molecular formula is C24H32N4O5S. The van der Waals surface area contributed by atoms with Crippen molar-refractivity contribution in [1.82, 2.24) is 19.4 Å². The number of Topliss-reactive ketones (excluding diaryl/α,β-unsaturated/α-hetero) is 1. The summed E-state index contributed by atoms with van der Waals surface area (Å²) in [6.45, 7) is 6.28. The van der Waals surface area contributed by atoms with Gasteiger partial charge in [-0.25, -0.2) is 8.42 Å². The van der Waals surface area contributed by atoms with Gasteiger partial charge in [-0.1, -0.05) is 51.1 Å². The predicted molar refractivity (Wildman–Crippen MR) is 125 cm³/mol. The van der Waals surface area contributed by atoms with Crippen LogP contribution in [0.5, 0.6) is 0 Å². The summed E-state index contributed by atoms with van der Waals surface area (Å²) < 4.78 is 33.7. The fourth-order valence-electron chi connectivity index (χ4n) is 4.55. The monoisotopic (exact) mass is 488 g/mol. The van der Waals surface area contributed by atoms with Crippen molar-refractivity contribution in [3.63, 3.8) is 0 Å². The van der Waals surface area contributed by atoms with E-state index in [9.17, 15) is 18.0 Å². The predicted octanol–water partition coefficient (Wildman–Crippen LogP) is 3.41. The van der Waals surface area contributed by atoms with Crippen LogP contribution in [0.3, 0.4) is 0 Å². The maximum atomic E-state index is 13.1. The van der Waals surface area contributed by atoms with Gasteiger partial charge in [-0.15, -0.1) is 10.2 Å². The maximum Gasteiger partial charge on any atom is 0.291 e. The van der Waals surface area contributed by atoms with E-state index >= 15 is 0 Å². The molecule has 2 aliphatic heterocycles. The smallest absolute Gasteiger partial charge is 0.291 e. The Morgan fingerprint density at radius 3 is 2.32 bits per heavy atom. The third kappa shape index (κ3) is 4.79. The molecule has 2 aliphatic rings. The molecule has 1 unspecified atom stereocenters. The van der Waals surface area contributed by atoms with E-state index in [4.69, 9.17) is 4.42 Å².